The third kappa shape index (κ3) is 3.62. The van der Waals surface area contributed by atoms with Crippen LogP contribution < -0.4 is 5.59 Å². The largest absolute Gasteiger partial charge is 0.534 e. The summed E-state index contributed by atoms with van der Waals surface area (Å²) in [6.45, 7) is 14.9. The first-order chi connectivity index (χ1) is 7.95. The van der Waals surface area contributed by atoms with Gasteiger partial charge in [-0.25, -0.2) is 0 Å². The average molecular weight is 234 g/mol. The first kappa shape index (κ1) is 13.8. The van der Waals surface area contributed by atoms with Crippen LogP contribution in [-0.2, 0) is 16.4 Å². The van der Waals surface area contributed by atoms with Crippen molar-refractivity contribution < 1.29 is 9.31 Å². The van der Waals surface area contributed by atoms with Crippen molar-refractivity contribution in [1.82, 2.24) is 4.57 Å². The summed E-state index contributed by atoms with van der Waals surface area (Å²) in [4.78, 5) is 3.43. The van der Waals surface area contributed by atoms with Gasteiger partial charge in [-0.3, -0.25) is 0 Å². The molecule has 0 N–H and O–H groups in total. The molecule has 0 saturated heterocycles. The van der Waals surface area contributed by atoms with E-state index in [9.17, 15) is 0 Å². The number of aromatic nitrogens is 1. The van der Waals surface area contributed by atoms with E-state index in [2.05, 4.69) is 4.85 Å². The molecule has 0 spiro atoms. The van der Waals surface area contributed by atoms with Gasteiger partial charge >= 0.3 is 7.12 Å². The van der Waals surface area contributed by atoms with Crippen molar-refractivity contribution in [1.29, 1.82) is 0 Å². The lowest BCUT2D eigenvalue weighted by Crippen LogP contribution is -2.43. The molecular formula is C12H19BN2O2. The molecule has 4 nitrogen and oxygen atoms in total. The number of hydrogen-bond donors (Lipinski definition) is 0. The second-order valence-electron chi connectivity index (χ2n) is 4.49. The molecule has 0 aromatic carbocycles. The Bertz CT molecular complexity index is 397. The highest BCUT2D eigenvalue weighted by Crippen LogP contribution is 2.11. The monoisotopic (exact) mass is 234 g/mol. The van der Waals surface area contributed by atoms with E-state index in [1.165, 1.54) is 0 Å². The predicted octanol–water partition coefficient (Wildman–Crippen LogP) is 2.12. The molecule has 0 fully saturated rings. The van der Waals surface area contributed by atoms with Crippen LogP contribution in [0.25, 0.3) is 4.85 Å². The van der Waals surface area contributed by atoms with Crippen LogP contribution in [0.1, 0.15) is 27.7 Å². The highest BCUT2D eigenvalue weighted by molar-refractivity contribution is 6.60. The maximum absolute atomic E-state index is 7.04. The molecule has 0 unspecified atom stereocenters. The topological polar surface area (TPSA) is 27.8 Å². The third-order valence-corrected chi connectivity index (χ3v) is 2.28. The van der Waals surface area contributed by atoms with Crippen LogP contribution in [0.2, 0.25) is 0 Å². The summed E-state index contributed by atoms with van der Waals surface area (Å²) in [5.41, 5.74) is 0.874. The Morgan fingerprint density at radius 2 is 1.71 bits per heavy atom. The van der Waals surface area contributed by atoms with Crippen molar-refractivity contribution in [3.63, 3.8) is 0 Å². The van der Waals surface area contributed by atoms with Crippen molar-refractivity contribution in [3.8, 4) is 0 Å². The van der Waals surface area contributed by atoms with Crippen LogP contribution in [0, 0.1) is 6.57 Å². The van der Waals surface area contributed by atoms with Gasteiger partial charge in [0.2, 0.25) is 5.82 Å². The molecule has 1 rings (SSSR count). The fourth-order valence-electron chi connectivity index (χ4n) is 1.53. The van der Waals surface area contributed by atoms with Crippen molar-refractivity contribution in [2.45, 2.75) is 39.9 Å². The van der Waals surface area contributed by atoms with Gasteiger partial charge in [0, 0.05) is 12.2 Å². The molecule has 1 heterocycles. The Labute approximate surface area is 103 Å². The molecule has 92 valence electrons. The number of hydrogen-bond acceptors (Lipinski definition) is 2. The van der Waals surface area contributed by atoms with E-state index in [4.69, 9.17) is 15.9 Å². The summed E-state index contributed by atoms with van der Waals surface area (Å²) in [5.74, 6) is 0.588. The minimum absolute atomic E-state index is 0.0741. The Hall–Kier alpha value is -1.25. The Balaban J connectivity index is 2.96. The SMILES string of the molecule is [C-]#[N+]c1ccc(B(OC(C)C)OC(C)C)n1C. The summed E-state index contributed by atoms with van der Waals surface area (Å²) in [6, 6.07) is 3.66. The fourth-order valence-corrected chi connectivity index (χ4v) is 1.53. The lowest BCUT2D eigenvalue weighted by Gasteiger charge is -2.18. The maximum Gasteiger partial charge on any atom is 0.534 e. The second-order valence-corrected chi connectivity index (χ2v) is 4.49. The molecule has 0 radical (unpaired) electrons. The van der Waals surface area contributed by atoms with Crippen LogP contribution in [0.4, 0.5) is 5.82 Å². The minimum atomic E-state index is -0.421. The van der Waals surface area contributed by atoms with Crippen LogP contribution in [0.15, 0.2) is 12.1 Å². The van der Waals surface area contributed by atoms with Gasteiger partial charge in [-0.1, -0.05) is 6.57 Å². The van der Waals surface area contributed by atoms with E-state index < -0.39 is 7.12 Å². The summed E-state index contributed by atoms with van der Waals surface area (Å²) >= 11 is 0. The Kier molecular flexibility index (Phi) is 4.79. The summed E-state index contributed by atoms with van der Waals surface area (Å²) in [6.07, 6.45) is 0.148. The number of rotatable bonds is 5. The van der Waals surface area contributed by atoms with Crippen molar-refractivity contribution >= 4 is 18.5 Å². The van der Waals surface area contributed by atoms with Crippen LogP contribution in [0.5, 0.6) is 0 Å². The van der Waals surface area contributed by atoms with Crippen LogP contribution in [-0.4, -0.2) is 23.9 Å². The Morgan fingerprint density at radius 1 is 1.18 bits per heavy atom. The normalized spacial score (nSPS) is 10.9. The highest BCUT2D eigenvalue weighted by Gasteiger charge is 2.30. The first-order valence-corrected chi connectivity index (χ1v) is 5.79. The fraction of sp³-hybridized carbons (Fsp3) is 0.583. The standard InChI is InChI=1S/C12H19BN2O2/c1-9(2)16-13(17-10(3)4)11-7-8-12(14-5)15(11)6/h7-10H,1-4,6H3. The van der Waals surface area contributed by atoms with Gasteiger partial charge in [0.15, 0.2) is 0 Å². The summed E-state index contributed by atoms with van der Waals surface area (Å²) in [7, 11) is 1.43. The zero-order valence-corrected chi connectivity index (χ0v) is 11.1. The quantitative estimate of drug-likeness (QED) is 0.576. The molecule has 0 amide bonds. The number of nitrogens with zero attached hydrogens (tertiary/aromatic N) is 2. The zero-order valence-electron chi connectivity index (χ0n) is 11.1. The molecule has 1 aromatic rings. The average Bonchev–Trinajstić information content (AvgIpc) is 2.57. The minimum Gasteiger partial charge on any atom is -0.403 e. The maximum atomic E-state index is 7.04. The van der Waals surface area contributed by atoms with E-state index >= 15 is 0 Å². The van der Waals surface area contributed by atoms with Gasteiger partial charge in [0.1, 0.15) is 5.59 Å². The predicted molar refractivity (Wildman–Crippen MR) is 69.5 cm³/mol. The van der Waals surface area contributed by atoms with E-state index in [0.29, 0.717) is 5.82 Å². The highest BCUT2D eigenvalue weighted by atomic mass is 16.6. The zero-order chi connectivity index (χ0) is 13.0. The molecule has 5 heteroatoms. The van der Waals surface area contributed by atoms with Gasteiger partial charge in [0.25, 0.3) is 0 Å². The van der Waals surface area contributed by atoms with Crippen molar-refractivity contribution in [2.24, 2.45) is 7.05 Å². The van der Waals surface area contributed by atoms with E-state index in [0.717, 1.165) is 5.59 Å². The summed E-state index contributed by atoms with van der Waals surface area (Å²) in [5, 5.41) is 0. The van der Waals surface area contributed by atoms with Crippen LogP contribution in [0.3, 0.4) is 0 Å². The summed E-state index contributed by atoms with van der Waals surface area (Å²) < 4.78 is 13.3. The van der Waals surface area contributed by atoms with Crippen molar-refractivity contribution in [2.75, 3.05) is 0 Å². The molecule has 0 aliphatic carbocycles. The molecule has 0 atom stereocenters. The molecule has 0 aliphatic heterocycles. The van der Waals surface area contributed by atoms with Gasteiger partial charge < -0.3 is 18.7 Å². The molecule has 17 heavy (non-hydrogen) atoms. The van der Waals surface area contributed by atoms with Crippen molar-refractivity contribution in [3.05, 3.63) is 23.5 Å². The van der Waals surface area contributed by atoms with E-state index in [1.807, 2.05) is 45.4 Å². The molecule has 1 aromatic heterocycles. The molecular weight excluding hydrogens is 215 g/mol. The lowest BCUT2D eigenvalue weighted by molar-refractivity contribution is 0.138. The van der Waals surface area contributed by atoms with Gasteiger partial charge in [-0.2, -0.15) is 0 Å². The first-order valence-electron chi connectivity index (χ1n) is 5.79. The van der Waals surface area contributed by atoms with Gasteiger partial charge in [-0.05, 0) is 39.8 Å². The second kappa shape index (κ2) is 5.90. The Morgan fingerprint density at radius 3 is 2.06 bits per heavy atom. The lowest BCUT2D eigenvalue weighted by atomic mass is 9.83. The van der Waals surface area contributed by atoms with E-state index in [1.54, 1.807) is 6.07 Å². The van der Waals surface area contributed by atoms with Crippen LogP contribution >= 0.6 is 0 Å². The van der Waals surface area contributed by atoms with E-state index in [-0.39, 0.29) is 12.2 Å². The molecule has 0 saturated carbocycles. The van der Waals surface area contributed by atoms with Gasteiger partial charge in [-0.15, -0.1) is 0 Å². The smallest absolute Gasteiger partial charge is 0.403 e. The third-order valence-electron chi connectivity index (χ3n) is 2.28. The molecule has 0 bridgehead atoms. The van der Waals surface area contributed by atoms with Gasteiger partial charge in [0.05, 0.1) is 7.05 Å². The molecule has 0 aliphatic rings.